The van der Waals surface area contributed by atoms with Crippen LogP contribution < -0.4 is 7.22 Å². The van der Waals surface area contributed by atoms with E-state index in [4.69, 9.17) is 0 Å². The summed E-state index contributed by atoms with van der Waals surface area (Å²) in [5.74, 6) is 0. The monoisotopic (exact) mass is 468 g/mol. The zero-order valence-corrected chi connectivity index (χ0v) is 17.1. The maximum atomic E-state index is 9.75. The Balaban J connectivity index is 0.000000505. The summed E-state index contributed by atoms with van der Waals surface area (Å²) in [7, 11) is -7.30. The summed E-state index contributed by atoms with van der Waals surface area (Å²) in [6.45, 7) is 6.94. The molecule has 0 aliphatic heterocycles. The summed E-state index contributed by atoms with van der Waals surface area (Å²) >= 11 is -1.73. The second kappa shape index (κ2) is 9.32. The maximum absolute atomic E-state index is 9.75. The van der Waals surface area contributed by atoms with E-state index in [0.717, 1.165) is 0 Å². The van der Waals surface area contributed by atoms with Gasteiger partial charge in [-0.1, -0.05) is 0 Å². The van der Waals surface area contributed by atoms with Gasteiger partial charge >= 0.3 is 132 Å². The molecule has 0 amide bonds. The van der Waals surface area contributed by atoms with Gasteiger partial charge in [0.1, 0.15) is 0 Å². The third kappa shape index (κ3) is 9.82. The average Bonchev–Trinajstić information content (AvgIpc) is 2.47. The van der Waals surface area contributed by atoms with Gasteiger partial charge in [0.05, 0.1) is 0 Å². The van der Waals surface area contributed by atoms with Crippen LogP contribution in [0.2, 0.25) is 19.6 Å². The molecule has 0 spiro atoms. The first-order chi connectivity index (χ1) is 11.1. The van der Waals surface area contributed by atoms with Crippen molar-refractivity contribution in [1.82, 2.24) is 0 Å². The minimum atomic E-state index is -6.00. The summed E-state index contributed by atoms with van der Waals surface area (Å²) in [6.07, 6.45) is 0. The fourth-order valence-electron chi connectivity index (χ4n) is 1.57. The minimum Gasteiger partial charge on any atom is -0.418 e. The van der Waals surface area contributed by atoms with Crippen LogP contribution >= 0.6 is 0 Å². The molecule has 0 bridgehead atoms. The molecule has 0 radical (unpaired) electrons. The average molecular weight is 466 g/mol. The Kier molecular flexibility index (Phi) is 8.09. The van der Waals surface area contributed by atoms with E-state index in [9.17, 15) is 17.3 Å². The van der Waals surface area contributed by atoms with Crippen LogP contribution in [0, 0.1) is 9.51 Å². The van der Waals surface area contributed by atoms with Gasteiger partial charge in [-0.25, -0.2) is 0 Å². The van der Waals surface area contributed by atoms with Crippen LogP contribution in [-0.2, 0) is 0 Å². The molecule has 7 heteroatoms. The van der Waals surface area contributed by atoms with Gasteiger partial charge in [0.15, 0.2) is 0 Å². The van der Waals surface area contributed by atoms with Crippen molar-refractivity contribution >= 4 is 42.1 Å². The van der Waals surface area contributed by atoms with Crippen molar-refractivity contribution in [2.75, 3.05) is 0 Å². The third-order valence-corrected chi connectivity index (χ3v) is 9.04. The van der Waals surface area contributed by atoms with E-state index >= 15 is 0 Å². The van der Waals surface area contributed by atoms with Crippen molar-refractivity contribution in [1.29, 1.82) is 0 Å². The van der Waals surface area contributed by atoms with Crippen LogP contribution in [0.3, 0.4) is 0 Å². The van der Waals surface area contributed by atoms with Crippen molar-refractivity contribution in [2.45, 2.75) is 19.6 Å². The predicted octanol–water partition coefficient (Wildman–Crippen LogP) is 4.02. The molecule has 0 N–H and O–H groups in total. The van der Waals surface area contributed by atoms with E-state index < -0.39 is 34.9 Å². The quantitative estimate of drug-likeness (QED) is 0.357. The van der Waals surface area contributed by atoms with Gasteiger partial charge in [0, 0.05) is 0 Å². The van der Waals surface area contributed by atoms with E-state index in [1.54, 1.807) is 0 Å². The van der Waals surface area contributed by atoms with Crippen LogP contribution in [0.15, 0.2) is 60.7 Å². The zero-order valence-electron chi connectivity index (χ0n) is 13.8. The standard InChI is InChI=1S/C17H19SiTe.BF4/c1-18(2,3)14-15-19(16-10-6-4-7-11-16)17-12-8-5-9-13-17;2-1(3,4)5/h4-13H,1-3H3;/q+1;-1. The Morgan fingerprint density at radius 3 is 1.38 bits per heavy atom. The topological polar surface area (TPSA) is 0 Å². The largest absolute Gasteiger partial charge is 0.673 e. The van der Waals surface area contributed by atoms with Crippen molar-refractivity contribution in [3.63, 3.8) is 0 Å². The van der Waals surface area contributed by atoms with Gasteiger partial charge in [0.2, 0.25) is 0 Å². The third-order valence-electron chi connectivity index (χ3n) is 2.49. The van der Waals surface area contributed by atoms with Crippen LogP contribution in [-0.4, -0.2) is 34.9 Å². The van der Waals surface area contributed by atoms with E-state index in [-0.39, 0.29) is 0 Å². The van der Waals surface area contributed by atoms with Crippen molar-refractivity contribution < 1.29 is 17.3 Å². The van der Waals surface area contributed by atoms with E-state index in [0.29, 0.717) is 0 Å². The molecule has 0 saturated heterocycles. The Morgan fingerprint density at radius 1 is 0.750 bits per heavy atom. The first-order valence-corrected chi connectivity index (χ1v) is 14.3. The number of hydrogen-bond acceptors (Lipinski definition) is 0. The molecule has 2 rings (SSSR count). The Morgan fingerprint density at radius 2 is 1.08 bits per heavy atom. The van der Waals surface area contributed by atoms with Gasteiger partial charge in [-0.15, -0.1) is 0 Å². The smallest absolute Gasteiger partial charge is 0.418 e. The molecule has 0 nitrogen and oxygen atoms in total. The fourth-order valence-corrected chi connectivity index (χ4v) is 9.38. The van der Waals surface area contributed by atoms with Crippen LogP contribution in [0.5, 0.6) is 0 Å². The van der Waals surface area contributed by atoms with Crippen molar-refractivity contribution in [3.05, 3.63) is 60.7 Å². The molecule has 0 fully saturated rings. The fraction of sp³-hybridized carbons (Fsp3) is 0.176. The number of hydrogen-bond donors (Lipinski definition) is 0. The van der Waals surface area contributed by atoms with Gasteiger partial charge in [0.25, 0.3) is 0 Å². The molecule has 0 aromatic heterocycles. The van der Waals surface area contributed by atoms with E-state index in [1.807, 2.05) is 0 Å². The van der Waals surface area contributed by atoms with Gasteiger partial charge in [-0.3, -0.25) is 0 Å². The van der Waals surface area contributed by atoms with E-state index in [2.05, 4.69) is 89.8 Å². The first-order valence-electron chi connectivity index (χ1n) is 7.31. The second-order valence-electron chi connectivity index (χ2n) is 5.90. The molecule has 0 atom stereocenters. The summed E-state index contributed by atoms with van der Waals surface area (Å²) < 4.78 is 45.6. The first kappa shape index (κ1) is 20.8. The van der Waals surface area contributed by atoms with Gasteiger partial charge in [-0.2, -0.15) is 0 Å². The van der Waals surface area contributed by atoms with E-state index in [1.165, 1.54) is 7.22 Å². The molecule has 0 unspecified atom stereocenters. The van der Waals surface area contributed by atoms with Gasteiger partial charge in [-0.05, 0) is 0 Å². The molecular weight excluding hydrogens is 447 g/mol. The molecule has 0 aliphatic rings. The number of rotatable bonds is 2. The maximum Gasteiger partial charge on any atom is 0.673 e. The molecule has 2 aromatic rings. The molecular formula is C17H19BF4SiTe. The Bertz CT molecular complexity index is 627. The molecule has 0 saturated carbocycles. The van der Waals surface area contributed by atoms with Crippen LogP contribution in [0.1, 0.15) is 0 Å². The SMILES string of the molecule is C[Si](C)(C)C#C[Te+](c1ccccc1)c1ccccc1.F[B-](F)(F)F. The number of benzene rings is 2. The second-order valence-corrected chi connectivity index (χ2v) is 15.7. The minimum absolute atomic E-state index is 1.30. The molecule has 24 heavy (non-hydrogen) atoms. The van der Waals surface area contributed by atoms with Crippen LogP contribution in [0.25, 0.3) is 0 Å². The Hall–Kier alpha value is -1.21. The molecule has 2 aromatic carbocycles. The summed E-state index contributed by atoms with van der Waals surface area (Å²) in [5, 5.41) is 0. The molecule has 0 heterocycles. The normalized spacial score (nSPS) is 11.2. The number of halogens is 4. The van der Waals surface area contributed by atoms with Crippen LogP contribution in [0.4, 0.5) is 17.3 Å². The van der Waals surface area contributed by atoms with Crippen molar-refractivity contribution in [2.24, 2.45) is 0 Å². The summed E-state index contributed by atoms with van der Waals surface area (Å²) in [5.41, 5.74) is 3.58. The Labute approximate surface area is 149 Å². The summed E-state index contributed by atoms with van der Waals surface area (Å²) in [4.78, 5) is 0. The van der Waals surface area contributed by atoms with Crippen molar-refractivity contribution in [3.8, 4) is 9.51 Å². The predicted molar refractivity (Wildman–Crippen MR) is 99.2 cm³/mol. The summed E-state index contributed by atoms with van der Waals surface area (Å²) in [6, 6.07) is 21.6. The molecule has 128 valence electrons. The van der Waals surface area contributed by atoms with Gasteiger partial charge < -0.3 is 17.3 Å². The zero-order chi connectivity index (χ0) is 18.2. The molecule has 0 aliphatic carbocycles.